The Morgan fingerprint density at radius 3 is 2.80 bits per heavy atom. The van der Waals surface area contributed by atoms with Gasteiger partial charge in [-0.05, 0) is 42.7 Å². The molecule has 1 aromatic rings. The monoisotopic (exact) mass is 297 g/mol. The molecule has 0 saturated heterocycles. The highest BCUT2D eigenvalue weighted by Crippen LogP contribution is 2.31. The second kappa shape index (κ2) is 8.62. The first kappa shape index (κ1) is 15.8. The fraction of sp³-hybridized carbons (Fsp3) is 0.929. The Balaban J connectivity index is 1.87. The number of hydrogen-bond donors (Lipinski definition) is 1. The summed E-state index contributed by atoms with van der Waals surface area (Å²) in [6.07, 6.45) is 8.70. The Morgan fingerprint density at radius 2 is 2.10 bits per heavy atom. The van der Waals surface area contributed by atoms with Gasteiger partial charge in [0, 0.05) is 11.8 Å². The molecule has 1 atom stereocenters. The predicted octanol–water partition coefficient (Wildman–Crippen LogP) is 3.05. The molecule has 1 unspecified atom stereocenters. The molecule has 20 heavy (non-hydrogen) atoms. The molecule has 0 radical (unpaired) electrons. The molecule has 0 bridgehead atoms. The van der Waals surface area contributed by atoms with E-state index in [1.54, 1.807) is 11.8 Å². The van der Waals surface area contributed by atoms with Gasteiger partial charge in [0.25, 0.3) is 0 Å². The van der Waals surface area contributed by atoms with Crippen molar-refractivity contribution in [3.05, 3.63) is 0 Å². The Bertz CT molecular complexity index is 375. The first-order chi connectivity index (χ1) is 9.85. The van der Waals surface area contributed by atoms with Gasteiger partial charge in [-0.2, -0.15) is 0 Å². The number of hydrogen-bond acceptors (Lipinski definition) is 5. The molecular weight excluding hydrogens is 270 g/mol. The number of nitrogens with one attached hydrogen (secondary N) is 1. The largest absolute Gasteiger partial charge is 0.313 e. The minimum Gasteiger partial charge on any atom is -0.313 e. The molecule has 1 aromatic heterocycles. The molecule has 1 aliphatic carbocycles. The van der Waals surface area contributed by atoms with Crippen LogP contribution in [-0.2, 0) is 0 Å². The van der Waals surface area contributed by atoms with Gasteiger partial charge in [0.15, 0.2) is 0 Å². The second-order valence-corrected chi connectivity index (χ2v) is 6.58. The first-order valence-electron chi connectivity index (χ1n) is 7.99. The first-order valence-corrected chi connectivity index (χ1v) is 8.97. The molecule has 1 saturated carbocycles. The van der Waals surface area contributed by atoms with Gasteiger partial charge in [0.2, 0.25) is 5.16 Å². The second-order valence-electron chi connectivity index (χ2n) is 5.60. The van der Waals surface area contributed by atoms with Crippen molar-refractivity contribution in [2.45, 2.75) is 76.0 Å². The van der Waals surface area contributed by atoms with Gasteiger partial charge in [-0.25, -0.2) is 4.68 Å². The van der Waals surface area contributed by atoms with E-state index in [0.717, 1.165) is 17.5 Å². The molecule has 1 N–H and O–H groups in total. The van der Waals surface area contributed by atoms with Crippen LogP contribution < -0.4 is 5.32 Å². The van der Waals surface area contributed by atoms with Gasteiger partial charge in [0.05, 0.1) is 6.04 Å². The van der Waals surface area contributed by atoms with Crippen molar-refractivity contribution >= 4 is 11.8 Å². The van der Waals surface area contributed by atoms with E-state index in [0.29, 0.717) is 12.1 Å². The van der Waals surface area contributed by atoms with Crippen LogP contribution in [0.3, 0.4) is 0 Å². The van der Waals surface area contributed by atoms with Crippen molar-refractivity contribution in [1.82, 2.24) is 25.5 Å². The molecule has 0 aromatic carbocycles. The van der Waals surface area contributed by atoms with Crippen molar-refractivity contribution in [2.75, 3.05) is 12.3 Å². The van der Waals surface area contributed by atoms with Crippen LogP contribution in [0.5, 0.6) is 0 Å². The van der Waals surface area contributed by atoms with Crippen LogP contribution in [0.4, 0.5) is 0 Å². The van der Waals surface area contributed by atoms with Crippen molar-refractivity contribution in [3.8, 4) is 0 Å². The van der Waals surface area contributed by atoms with E-state index in [1.165, 1.54) is 44.9 Å². The summed E-state index contributed by atoms with van der Waals surface area (Å²) in [5, 5.41) is 16.9. The number of nitrogens with zero attached hydrogens (tertiary/aromatic N) is 4. The third-order valence-electron chi connectivity index (χ3n) is 3.87. The lowest BCUT2D eigenvalue weighted by Crippen LogP contribution is -2.32. The van der Waals surface area contributed by atoms with Gasteiger partial charge in [-0.15, -0.1) is 5.10 Å². The average molecular weight is 297 g/mol. The lowest BCUT2D eigenvalue weighted by Gasteiger charge is -2.17. The van der Waals surface area contributed by atoms with Gasteiger partial charge < -0.3 is 5.32 Å². The summed E-state index contributed by atoms with van der Waals surface area (Å²) in [4.78, 5) is 0. The number of aromatic nitrogens is 4. The normalized spacial score (nSPS) is 17.7. The fourth-order valence-electron chi connectivity index (χ4n) is 2.77. The minimum atomic E-state index is 0.528. The summed E-state index contributed by atoms with van der Waals surface area (Å²) in [5.74, 6) is 1.06. The number of thioether (sulfide) groups is 1. The summed E-state index contributed by atoms with van der Waals surface area (Å²) in [6.45, 7) is 5.55. The highest BCUT2D eigenvalue weighted by Gasteiger charge is 2.22. The molecule has 6 heteroatoms. The number of tetrazole rings is 1. The van der Waals surface area contributed by atoms with Gasteiger partial charge >= 0.3 is 0 Å². The van der Waals surface area contributed by atoms with E-state index in [9.17, 15) is 0 Å². The zero-order valence-corrected chi connectivity index (χ0v) is 13.5. The van der Waals surface area contributed by atoms with Gasteiger partial charge in [0.1, 0.15) is 0 Å². The average Bonchev–Trinajstić information content (AvgIpc) is 3.11. The Kier molecular flexibility index (Phi) is 6.79. The molecule has 0 spiro atoms. The maximum Gasteiger partial charge on any atom is 0.209 e. The molecule has 1 heterocycles. The molecular formula is C14H27N5S. The predicted molar refractivity (Wildman–Crippen MR) is 83.0 cm³/mol. The van der Waals surface area contributed by atoms with E-state index in [2.05, 4.69) is 39.4 Å². The molecule has 2 rings (SSSR count). The van der Waals surface area contributed by atoms with Crippen LogP contribution in [0.15, 0.2) is 5.16 Å². The summed E-state index contributed by atoms with van der Waals surface area (Å²) in [7, 11) is 0. The minimum absolute atomic E-state index is 0.528. The van der Waals surface area contributed by atoms with Crippen molar-refractivity contribution < 1.29 is 0 Å². The Hall–Kier alpha value is -0.620. The smallest absolute Gasteiger partial charge is 0.209 e. The standard InChI is InChI=1S/C14H27N5S/c1-3-7-12(15-10-4-2)11-20-14-16-17-18-19(14)13-8-5-6-9-13/h12-13,15H,3-11H2,1-2H3. The van der Waals surface area contributed by atoms with Crippen LogP contribution in [0, 0.1) is 0 Å². The third kappa shape index (κ3) is 4.45. The quantitative estimate of drug-likeness (QED) is 0.710. The van der Waals surface area contributed by atoms with E-state index in [-0.39, 0.29) is 0 Å². The van der Waals surface area contributed by atoms with Crippen molar-refractivity contribution in [1.29, 1.82) is 0 Å². The lowest BCUT2D eigenvalue weighted by molar-refractivity contribution is 0.422. The lowest BCUT2D eigenvalue weighted by atomic mass is 10.2. The Morgan fingerprint density at radius 1 is 1.30 bits per heavy atom. The van der Waals surface area contributed by atoms with E-state index < -0.39 is 0 Å². The van der Waals surface area contributed by atoms with Crippen molar-refractivity contribution in [2.24, 2.45) is 0 Å². The van der Waals surface area contributed by atoms with Crippen molar-refractivity contribution in [3.63, 3.8) is 0 Å². The van der Waals surface area contributed by atoms with E-state index >= 15 is 0 Å². The van der Waals surface area contributed by atoms with Crippen LogP contribution in [0.2, 0.25) is 0 Å². The molecule has 0 amide bonds. The summed E-state index contributed by atoms with van der Waals surface area (Å²) >= 11 is 1.80. The summed E-state index contributed by atoms with van der Waals surface area (Å²) in [5.41, 5.74) is 0. The zero-order valence-electron chi connectivity index (χ0n) is 12.7. The fourth-order valence-corrected chi connectivity index (χ4v) is 3.82. The molecule has 5 nitrogen and oxygen atoms in total. The maximum atomic E-state index is 4.21. The van der Waals surface area contributed by atoms with Crippen LogP contribution >= 0.6 is 11.8 Å². The zero-order chi connectivity index (χ0) is 14.2. The number of rotatable bonds is 9. The van der Waals surface area contributed by atoms with Gasteiger partial charge in [-0.1, -0.05) is 44.9 Å². The molecule has 1 fully saturated rings. The van der Waals surface area contributed by atoms with Crippen LogP contribution in [0.1, 0.15) is 64.8 Å². The van der Waals surface area contributed by atoms with Crippen LogP contribution in [0.25, 0.3) is 0 Å². The van der Waals surface area contributed by atoms with Gasteiger partial charge in [-0.3, -0.25) is 0 Å². The summed E-state index contributed by atoms with van der Waals surface area (Å²) in [6, 6.07) is 1.10. The maximum absolute atomic E-state index is 4.21. The van der Waals surface area contributed by atoms with E-state index in [4.69, 9.17) is 0 Å². The highest BCUT2D eigenvalue weighted by atomic mass is 32.2. The SMILES string of the molecule is CCCNC(CCC)CSc1nnnn1C1CCCC1. The molecule has 1 aliphatic rings. The molecule has 0 aliphatic heterocycles. The topological polar surface area (TPSA) is 55.6 Å². The Labute approximate surface area is 126 Å². The van der Waals surface area contributed by atoms with Crippen LogP contribution in [-0.4, -0.2) is 38.5 Å². The summed E-state index contributed by atoms with van der Waals surface area (Å²) < 4.78 is 2.06. The molecule has 114 valence electrons. The third-order valence-corrected chi connectivity index (χ3v) is 4.96. The highest BCUT2D eigenvalue weighted by molar-refractivity contribution is 7.99. The van der Waals surface area contributed by atoms with E-state index in [1.807, 2.05) is 0 Å².